The fourth-order valence-corrected chi connectivity index (χ4v) is 2.02. The number of aromatic nitrogens is 1. The molecule has 4 heteroatoms. The molecule has 0 aliphatic heterocycles. The molecule has 0 aromatic carbocycles. The third kappa shape index (κ3) is 2.25. The zero-order valence-electron chi connectivity index (χ0n) is 10.7. The fourth-order valence-electron chi connectivity index (χ4n) is 2.02. The first-order valence-electron chi connectivity index (χ1n) is 6.03. The fraction of sp³-hybridized carbons (Fsp3) is 0.538. The molecule has 0 spiro atoms. The first kappa shape index (κ1) is 11.9. The van der Waals surface area contributed by atoms with Crippen LogP contribution in [0.1, 0.15) is 41.2 Å². The summed E-state index contributed by atoms with van der Waals surface area (Å²) < 4.78 is 0. The van der Waals surface area contributed by atoms with Gasteiger partial charge in [-0.05, 0) is 18.9 Å². The van der Waals surface area contributed by atoms with Crippen LogP contribution in [0.3, 0.4) is 0 Å². The summed E-state index contributed by atoms with van der Waals surface area (Å²) in [5, 5.41) is 3.02. The molecule has 4 nitrogen and oxygen atoms in total. The Bertz CT molecular complexity index is 425. The Morgan fingerprint density at radius 3 is 2.65 bits per heavy atom. The largest absolute Gasteiger partial charge is 0.386 e. The SMILES string of the molecule is CNc1cnc(C2CCC2)cc1C(=O)N(C)C. The molecule has 1 heterocycles. The minimum Gasteiger partial charge on any atom is -0.386 e. The first-order valence-corrected chi connectivity index (χ1v) is 6.03. The van der Waals surface area contributed by atoms with Crippen LogP contribution < -0.4 is 5.32 Å². The lowest BCUT2D eigenvalue weighted by Gasteiger charge is -2.25. The average Bonchev–Trinajstić information content (AvgIpc) is 2.25. The molecule has 0 atom stereocenters. The number of amides is 1. The third-order valence-electron chi connectivity index (χ3n) is 3.35. The highest BCUT2D eigenvalue weighted by Gasteiger charge is 2.23. The Labute approximate surface area is 102 Å². The predicted octanol–water partition coefficient (Wildman–Crippen LogP) is 2.09. The van der Waals surface area contributed by atoms with Crippen LogP contribution in [0, 0.1) is 0 Å². The van der Waals surface area contributed by atoms with Crippen LogP contribution in [0.15, 0.2) is 12.3 Å². The summed E-state index contributed by atoms with van der Waals surface area (Å²) >= 11 is 0. The van der Waals surface area contributed by atoms with E-state index in [1.807, 2.05) is 13.1 Å². The van der Waals surface area contributed by atoms with Crippen LogP contribution in [-0.2, 0) is 0 Å². The van der Waals surface area contributed by atoms with E-state index in [0.29, 0.717) is 5.92 Å². The summed E-state index contributed by atoms with van der Waals surface area (Å²) in [6.45, 7) is 0. The van der Waals surface area contributed by atoms with Gasteiger partial charge in [0.2, 0.25) is 0 Å². The zero-order valence-corrected chi connectivity index (χ0v) is 10.7. The van der Waals surface area contributed by atoms with Crippen molar-refractivity contribution in [3.63, 3.8) is 0 Å². The summed E-state index contributed by atoms with van der Waals surface area (Å²) in [6, 6.07) is 1.94. The van der Waals surface area contributed by atoms with E-state index < -0.39 is 0 Å². The van der Waals surface area contributed by atoms with Crippen LogP contribution in [0.25, 0.3) is 0 Å². The minimum atomic E-state index is 0.0253. The zero-order chi connectivity index (χ0) is 12.4. The summed E-state index contributed by atoms with van der Waals surface area (Å²) in [4.78, 5) is 18.1. The van der Waals surface area contributed by atoms with Gasteiger partial charge in [0.25, 0.3) is 5.91 Å². The highest BCUT2D eigenvalue weighted by molar-refractivity contribution is 5.99. The summed E-state index contributed by atoms with van der Waals surface area (Å²) in [5.74, 6) is 0.576. The standard InChI is InChI=1S/C13H19N3O/c1-14-12-8-15-11(9-5-4-6-9)7-10(12)13(17)16(2)3/h7-9,14H,4-6H2,1-3H3. The quantitative estimate of drug-likeness (QED) is 0.869. The maximum Gasteiger partial charge on any atom is 0.255 e. The van der Waals surface area contributed by atoms with Crippen LogP contribution in [-0.4, -0.2) is 36.9 Å². The van der Waals surface area contributed by atoms with E-state index in [1.165, 1.54) is 19.3 Å². The number of pyridine rings is 1. The van der Waals surface area contributed by atoms with Crippen molar-refractivity contribution in [2.75, 3.05) is 26.5 Å². The topological polar surface area (TPSA) is 45.2 Å². The molecule has 0 bridgehead atoms. The Morgan fingerprint density at radius 1 is 1.47 bits per heavy atom. The first-order chi connectivity index (χ1) is 8.13. The van der Waals surface area contributed by atoms with Gasteiger partial charge >= 0.3 is 0 Å². The summed E-state index contributed by atoms with van der Waals surface area (Å²) in [6.07, 6.45) is 5.43. The summed E-state index contributed by atoms with van der Waals surface area (Å²) in [5.41, 5.74) is 2.57. The number of carbonyl (C=O) groups excluding carboxylic acids is 1. The minimum absolute atomic E-state index is 0.0253. The van der Waals surface area contributed by atoms with E-state index in [4.69, 9.17) is 0 Å². The molecule has 1 saturated carbocycles. The molecule has 1 amide bonds. The highest BCUT2D eigenvalue weighted by Crippen LogP contribution is 2.36. The molecule has 17 heavy (non-hydrogen) atoms. The molecule has 1 N–H and O–H groups in total. The van der Waals surface area contributed by atoms with Crippen LogP contribution in [0.5, 0.6) is 0 Å². The van der Waals surface area contributed by atoms with Crippen molar-refractivity contribution in [2.24, 2.45) is 0 Å². The lowest BCUT2D eigenvalue weighted by atomic mass is 9.82. The van der Waals surface area contributed by atoms with Crippen molar-refractivity contribution in [1.29, 1.82) is 0 Å². The second-order valence-electron chi connectivity index (χ2n) is 4.73. The van der Waals surface area contributed by atoms with E-state index in [-0.39, 0.29) is 5.91 Å². The van der Waals surface area contributed by atoms with Gasteiger partial charge in [0.05, 0.1) is 17.4 Å². The number of anilines is 1. The molecule has 1 aliphatic rings. The maximum absolute atomic E-state index is 12.1. The number of nitrogens with one attached hydrogen (secondary N) is 1. The van der Waals surface area contributed by atoms with Gasteiger partial charge in [0, 0.05) is 32.8 Å². The van der Waals surface area contributed by atoms with Gasteiger partial charge in [-0.3, -0.25) is 9.78 Å². The van der Waals surface area contributed by atoms with Gasteiger partial charge in [0.15, 0.2) is 0 Å². The molecule has 1 fully saturated rings. The Kier molecular flexibility index (Phi) is 3.31. The van der Waals surface area contributed by atoms with Gasteiger partial charge in [-0.1, -0.05) is 6.42 Å². The molecule has 0 saturated heterocycles. The lowest BCUT2D eigenvalue weighted by Crippen LogP contribution is -2.23. The van der Waals surface area contributed by atoms with Crippen molar-refractivity contribution in [2.45, 2.75) is 25.2 Å². The van der Waals surface area contributed by atoms with E-state index in [9.17, 15) is 4.79 Å². The van der Waals surface area contributed by atoms with Crippen LogP contribution in [0.4, 0.5) is 5.69 Å². The predicted molar refractivity (Wildman–Crippen MR) is 68.4 cm³/mol. The van der Waals surface area contributed by atoms with Gasteiger partial charge in [0.1, 0.15) is 0 Å². The molecule has 2 rings (SSSR count). The van der Waals surface area contributed by atoms with Gasteiger partial charge in [-0.2, -0.15) is 0 Å². The van der Waals surface area contributed by atoms with Crippen molar-refractivity contribution in [3.8, 4) is 0 Å². The molecule has 1 aromatic heterocycles. The van der Waals surface area contributed by atoms with Crippen LogP contribution >= 0.6 is 0 Å². The number of carbonyl (C=O) groups is 1. The van der Waals surface area contributed by atoms with E-state index in [0.717, 1.165) is 16.9 Å². The van der Waals surface area contributed by atoms with Gasteiger partial charge in [-0.25, -0.2) is 0 Å². The van der Waals surface area contributed by atoms with E-state index >= 15 is 0 Å². The smallest absolute Gasteiger partial charge is 0.255 e. The molecule has 0 radical (unpaired) electrons. The highest BCUT2D eigenvalue weighted by atomic mass is 16.2. The molecule has 0 unspecified atom stereocenters. The molecule has 1 aromatic rings. The van der Waals surface area contributed by atoms with Crippen LogP contribution in [0.2, 0.25) is 0 Å². The number of rotatable bonds is 3. The van der Waals surface area contributed by atoms with Crippen molar-refractivity contribution < 1.29 is 4.79 Å². The summed E-state index contributed by atoms with van der Waals surface area (Å²) in [7, 11) is 5.35. The molecule has 92 valence electrons. The van der Waals surface area contributed by atoms with Crippen molar-refractivity contribution in [3.05, 3.63) is 23.5 Å². The number of nitrogens with zero attached hydrogens (tertiary/aromatic N) is 2. The normalized spacial score (nSPS) is 15.2. The molecular formula is C13H19N3O. The van der Waals surface area contributed by atoms with Gasteiger partial charge in [-0.15, -0.1) is 0 Å². The van der Waals surface area contributed by atoms with Crippen molar-refractivity contribution >= 4 is 11.6 Å². The maximum atomic E-state index is 12.1. The number of hydrogen-bond acceptors (Lipinski definition) is 3. The Morgan fingerprint density at radius 2 is 2.18 bits per heavy atom. The van der Waals surface area contributed by atoms with E-state index in [2.05, 4.69) is 10.3 Å². The monoisotopic (exact) mass is 233 g/mol. The van der Waals surface area contributed by atoms with Crippen molar-refractivity contribution in [1.82, 2.24) is 9.88 Å². The second kappa shape index (κ2) is 4.73. The third-order valence-corrected chi connectivity index (χ3v) is 3.35. The molecule has 1 aliphatic carbocycles. The number of hydrogen-bond donors (Lipinski definition) is 1. The lowest BCUT2D eigenvalue weighted by molar-refractivity contribution is 0.0828. The van der Waals surface area contributed by atoms with E-state index in [1.54, 1.807) is 25.2 Å². The second-order valence-corrected chi connectivity index (χ2v) is 4.73. The average molecular weight is 233 g/mol. The van der Waals surface area contributed by atoms with Gasteiger partial charge < -0.3 is 10.2 Å². The Hall–Kier alpha value is -1.58. The Balaban J connectivity index is 2.35. The molecular weight excluding hydrogens is 214 g/mol.